The highest BCUT2D eigenvalue weighted by atomic mass is 19.4. The Hall–Kier alpha value is -1.77. The Kier molecular flexibility index (Phi) is 4.25. The van der Waals surface area contributed by atoms with E-state index in [4.69, 9.17) is 0 Å². The van der Waals surface area contributed by atoms with Crippen LogP contribution in [-0.4, -0.2) is 29.4 Å². The van der Waals surface area contributed by atoms with Crippen LogP contribution in [0.2, 0.25) is 0 Å². The molecule has 0 bridgehead atoms. The number of hydrogen-bond acceptors (Lipinski definition) is 2. The summed E-state index contributed by atoms with van der Waals surface area (Å²) in [6.07, 6.45) is -7.82. The normalized spacial score (nSPS) is 28.7. The van der Waals surface area contributed by atoms with Crippen LogP contribution in [0.25, 0.3) is 0 Å². The molecule has 1 fully saturated rings. The molecule has 1 N–H and O–H groups in total. The number of benzene rings is 1. The lowest BCUT2D eigenvalue weighted by atomic mass is 9.77. The molecule has 25 heavy (non-hydrogen) atoms. The number of alkyl halides is 6. The lowest BCUT2D eigenvalue weighted by molar-refractivity contribution is -0.166. The molecule has 2 nitrogen and oxygen atoms in total. The summed E-state index contributed by atoms with van der Waals surface area (Å²) >= 11 is 0. The summed E-state index contributed by atoms with van der Waals surface area (Å²) in [7, 11) is 0. The topological polar surface area (TPSA) is 23.5 Å². The number of rotatable bonds is 2. The zero-order valence-corrected chi connectivity index (χ0v) is 12.7. The molecule has 9 heteroatoms. The van der Waals surface area contributed by atoms with Crippen molar-refractivity contribution in [3.8, 4) is 0 Å². The van der Waals surface area contributed by atoms with Crippen molar-refractivity contribution in [1.29, 1.82) is 0 Å². The fourth-order valence-corrected chi connectivity index (χ4v) is 3.51. The molecular weight excluding hydrogens is 355 g/mol. The molecular formula is C16H14F7NO. The molecule has 0 spiro atoms. The van der Waals surface area contributed by atoms with Crippen LogP contribution in [0, 0.1) is 11.7 Å². The van der Waals surface area contributed by atoms with Crippen LogP contribution in [0.4, 0.5) is 36.4 Å². The molecule has 3 rings (SSSR count). The van der Waals surface area contributed by atoms with Crippen molar-refractivity contribution < 1.29 is 35.8 Å². The SMILES string of the molecule is OC1C2C(C(F)(F)F)=CN(c3ccc(F)c(CF)c3)C2CCC1(F)F. The number of halogens is 7. The average Bonchev–Trinajstić information content (AvgIpc) is 2.92. The third-order valence-corrected chi connectivity index (χ3v) is 4.75. The van der Waals surface area contributed by atoms with Crippen LogP contribution in [0.15, 0.2) is 30.0 Å². The van der Waals surface area contributed by atoms with Crippen molar-refractivity contribution in [1.82, 2.24) is 0 Å². The van der Waals surface area contributed by atoms with E-state index in [9.17, 15) is 35.8 Å². The molecule has 3 unspecified atom stereocenters. The number of fused-ring (bicyclic) bond motifs is 1. The lowest BCUT2D eigenvalue weighted by Crippen LogP contribution is -2.52. The van der Waals surface area contributed by atoms with Gasteiger partial charge in [0.15, 0.2) is 0 Å². The fraction of sp³-hybridized carbons (Fsp3) is 0.500. The van der Waals surface area contributed by atoms with Crippen LogP contribution in [0.1, 0.15) is 18.4 Å². The second-order valence-corrected chi connectivity index (χ2v) is 6.24. The predicted molar refractivity (Wildman–Crippen MR) is 75.3 cm³/mol. The zero-order chi connectivity index (χ0) is 18.6. The quantitative estimate of drug-likeness (QED) is 0.785. The molecule has 0 aromatic heterocycles. The van der Waals surface area contributed by atoms with Gasteiger partial charge in [0.2, 0.25) is 0 Å². The maximum atomic E-state index is 13.7. The van der Waals surface area contributed by atoms with Gasteiger partial charge in [0.05, 0.1) is 5.57 Å². The number of aliphatic hydroxyl groups excluding tert-OH is 1. The molecule has 138 valence electrons. The van der Waals surface area contributed by atoms with Crippen LogP contribution in [0.3, 0.4) is 0 Å². The molecule has 1 aromatic carbocycles. The van der Waals surface area contributed by atoms with Gasteiger partial charge in [-0.15, -0.1) is 0 Å². The minimum Gasteiger partial charge on any atom is -0.386 e. The maximum Gasteiger partial charge on any atom is 0.414 e. The molecule has 1 saturated carbocycles. The molecule has 2 aliphatic rings. The van der Waals surface area contributed by atoms with Gasteiger partial charge in [0, 0.05) is 35.8 Å². The smallest absolute Gasteiger partial charge is 0.386 e. The Labute approximate surface area is 138 Å². The van der Waals surface area contributed by atoms with Gasteiger partial charge in [-0.3, -0.25) is 0 Å². The van der Waals surface area contributed by atoms with Gasteiger partial charge in [0.25, 0.3) is 5.92 Å². The highest BCUT2D eigenvalue weighted by molar-refractivity contribution is 5.57. The number of anilines is 1. The Morgan fingerprint density at radius 2 is 1.92 bits per heavy atom. The largest absolute Gasteiger partial charge is 0.414 e. The third-order valence-electron chi connectivity index (χ3n) is 4.75. The molecule has 1 aliphatic heterocycles. The van der Waals surface area contributed by atoms with Crippen molar-refractivity contribution in [3.05, 3.63) is 41.4 Å². The van der Waals surface area contributed by atoms with E-state index in [0.717, 1.165) is 23.1 Å². The Morgan fingerprint density at radius 1 is 1.24 bits per heavy atom. The first-order chi connectivity index (χ1) is 11.6. The Bertz CT molecular complexity index is 700. The van der Waals surface area contributed by atoms with E-state index < -0.39 is 54.6 Å². The standard InChI is InChI=1S/C16H14F7NO/c17-6-8-5-9(1-2-11(8)18)24-7-10(16(21,22)23)13-12(24)3-4-15(19,20)14(13)25/h1-2,5,7,12-14,25H,3-4,6H2. The summed E-state index contributed by atoms with van der Waals surface area (Å²) in [5, 5.41) is 9.81. The molecule has 3 atom stereocenters. The summed E-state index contributed by atoms with van der Waals surface area (Å²) in [5.41, 5.74) is -1.55. The highest BCUT2D eigenvalue weighted by Crippen LogP contribution is 2.51. The first-order valence-electron chi connectivity index (χ1n) is 7.54. The van der Waals surface area contributed by atoms with Gasteiger partial charge >= 0.3 is 6.18 Å². The lowest BCUT2D eigenvalue weighted by Gasteiger charge is -2.41. The van der Waals surface area contributed by atoms with Crippen LogP contribution >= 0.6 is 0 Å². The minimum atomic E-state index is -4.91. The van der Waals surface area contributed by atoms with E-state index >= 15 is 0 Å². The van der Waals surface area contributed by atoms with Crippen molar-refractivity contribution >= 4 is 5.69 Å². The summed E-state index contributed by atoms with van der Waals surface area (Å²) in [5.74, 6) is -6.31. The van der Waals surface area contributed by atoms with E-state index in [0.29, 0.717) is 6.20 Å². The van der Waals surface area contributed by atoms with Gasteiger partial charge in [0.1, 0.15) is 18.6 Å². The van der Waals surface area contributed by atoms with Crippen LogP contribution in [-0.2, 0) is 6.67 Å². The zero-order valence-electron chi connectivity index (χ0n) is 12.7. The van der Waals surface area contributed by atoms with E-state index in [1.165, 1.54) is 0 Å². The summed E-state index contributed by atoms with van der Waals surface area (Å²) in [4.78, 5) is 1.07. The molecule has 1 aromatic rings. The Balaban J connectivity index is 2.05. The second-order valence-electron chi connectivity index (χ2n) is 6.24. The van der Waals surface area contributed by atoms with Gasteiger partial charge in [-0.25, -0.2) is 17.6 Å². The first kappa shape index (κ1) is 18.0. The third kappa shape index (κ3) is 2.98. The van der Waals surface area contributed by atoms with Crippen molar-refractivity contribution in [2.24, 2.45) is 5.92 Å². The molecule has 0 saturated heterocycles. The summed E-state index contributed by atoms with van der Waals surface area (Å²) in [6.45, 7) is -1.15. The average molecular weight is 369 g/mol. The molecule has 1 heterocycles. The maximum absolute atomic E-state index is 13.7. The minimum absolute atomic E-state index is 0.0562. The fourth-order valence-electron chi connectivity index (χ4n) is 3.51. The second kappa shape index (κ2) is 5.89. The van der Waals surface area contributed by atoms with Crippen molar-refractivity contribution in [3.63, 3.8) is 0 Å². The van der Waals surface area contributed by atoms with Gasteiger partial charge in [-0.1, -0.05) is 0 Å². The van der Waals surface area contributed by atoms with E-state index in [2.05, 4.69) is 0 Å². The summed E-state index contributed by atoms with van der Waals surface area (Å²) in [6, 6.07) is 2.04. The van der Waals surface area contributed by atoms with Crippen LogP contribution < -0.4 is 4.90 Å². The van der Waals surface area contributed by atoms with Gasteiger partial charge in [-0.05, 0) is 24.6 Å². The van der Waals surface area contributed by atoms with E-state index in [1.54, 1.807) is 0 Å². The first-order valence-corrected chi connectivity index (χ1v) is 7.54. The van der Waals surface area contributed by atoms with E-state index in [1.807, 2.05) is 0 Å². The van der Waals surface area contributed by atoms with Gasteiger partial charge < -0.3 is 10.0 Å². The molecule has 0 amide bonds. The monoisotopic (exact) mass is 369 g/mol. The number of nitrogens with zero attached hydrogens (tertiary/aromatic N) is 1. The molecule has 0 radical (unpaired) electrons. The number of hydrogen-bond donors (Lipinski definition) is 1. The highest BCUT2D eigenvalue weighted by Gasteiger charge is 2.59. The van der Waals surface area contributed by atoms with Crippen molar-refractivity contribution in [2.45, 2.75) is 43.8 Å². The Morgan fingerprint density at radius 3 is 2.52 bits per heavy atom. The van der Waals surface area contributed by atoms with E-state index in [-0.39, 0.29) is 17.7 Å². The van der Waals surface area contributed by atoms with Gasteiger partial charge in [-0.2, -0.15) is 13.2 Å². The predicted octanol–water partition coefficient (Wildman–Crippen LogP) is 4.34. The molecule has 1 aliphatic carbocycles. The van der Waals surface area contributed by atoms with Crippen molar-refractivity contribution in [2.75, 3.05) is 4.90 Å². The van der Waals surface area contributed by atoms with Crippen LogP contribution in [0.5, 0.6) is 0 Å². The summed E-state index contributed by atoms with van der Waals surface area (Å²) < 4.78 is 93.6. The number of aliphatic hydroxyl groups is 1.